The van der Waals surface area contributed by atoms with Crippen LogP contribution in [0.15, 0.2) is 76.0 Å². The van der Waals surface area contributed by atoms with Crippen molar-refractivity contribution in [2.24, 2.45) is 7.05 Å². The Kier molecular flexibility index (Phi) is 6.09. The monoisotopic (exact) mass is 438 g/mol. The lowest BCUT2D eigenvalue weighted by Gasteiger charge is -2.11. The number of benzene rings is 2. The quantitative estimate of drug-likeness (QED) is 0.503. The molecule has 1 N–H and O–H groups in total. The van der Waals surface area contributed by atoms with Gasteiger partial charge in [-0.05, 0) is 73.5 Å². The third-order valence-corrected chi connectivity index (χ3v) is 5.41. The van der Waals surface area contributed by atoms with Gasteiger partial charge in [0.15, 0.2) is 0 Å². The van der Waals surface area contributed by atoms with E-state index < -0.39 is 0 Å². The highest BCUT2D eigenvalue weighted by Gasteiger charge is 2.13. The van der Waals surface area contributed by atoms with E-state index >= 15 is 0 Å². The van der Waals surface area contributed by atoms with Gasteiger partial charge in [-0.1, -0.05) is 47.6 Å². The standard InChI is InChI=1S/C27H26N4O2/c1-6-19-15-23(26(32)31(5)24(19)14-17(2)3)22-16-21(13-12-18(22)4)28-27-30-29-25(33-27)20-10-8-7-9-11-20/h6-16H,2H2,1,3-5H3,(H,28,30)/b19-6-,24-14+. The molecule has 6 heteroatoms. The first-order valence-electron chi connectivity index (χ1n) is 10.7. The lowest BCUT2D eigenvalue weighted by Crippen LogP contribution is -2.42. The summed E-state index contributed by atoms with van der Waals surface area (Å²) in [5.41, 5.74) is 4.87. The Labute approximate surface area is 192 Å². The van der Waals surface area contributed by atoms with E-state index in [4.69, 9.17) is 4.42 Å². The molecule has 4 rings (SSSR count). The van der Waals surface area contributed by atoms with Crippen LogP contribution in [0.4, 0.5) is 11.7 Å². The molecule has 6 nitrogen and oxygen atoms in total. The number of anilines is 2. The predicted molar refractivity (Wildman–Crippen MR) is 134 cm³/mol. The Balaban J connectivity index is 1.75. The molecule has 0 atom stereocenters. The Hall–Kier alpha value is -4.19. The van der Waals surface area contributed by atoms with Crippen LogP contribution in [0.5, 0.6) is 0 Å². The Morgan fingerprint density at radius 3 is 2.55 bits per heavy atom. The molecule has 166 valence electrons. The van der Waals surface area contributed by atoms with E-state index in [1.807, 2.05) is 87.5 Å². The van der Waals surface area contributed by atoms with Gasteiger partial charge in [0.2, 0.25) is 5.89 Å². The average molecular weight is 439 g/mol. The van der Waals surface area contributed by atoms with E-state index in [2.05, 4.69) is 22.1 Å². The van der Waals surface area contributed by atoms with Crippen LogP contribution in [0, 0.1) is 6.92 Å². The Bertz CT molecular complexity index is 1510. The van der Waals surface area contributed by atoms with Crippen LogP contribution >= 0.6 is 0 Å². The summed E-state index contributed by atoms with van der Waals surface area (Å²) in [5.74, 6) is 0.437. The molecule has 0 saturated heterocycles. The zero-order chi connectivity index (χ0) is 23.5. The molecule has 0 fully saturated rings. The van der Waals surface area contributed by atoms with Crippen LogP contribution in [-0.4, -0.2) is 14.8 Å². The van der Waals surface area contributed by atoms with Crippen molar-refractivity contribution in [2.75, 3.05) is 5.32 Å². The van der Waals surface area contributed by atoms with E-state index in [9.17, 15) is 4.79 Å². The number of pyridine rings is 1. The van der Waals surface area contributed by atoms with Gasteiger partial charge in [0.1, 0.15) is 0 Å². The molecule has 2 heterocycles. The molecule has 0 amide bonds. The van der Waals surface area contributed by atoms with Crippen LogP contribution in [-0.2, 0) is 7.05 Å². The van der Waals surface area contributed by atoms with Crippen molar-refractivity contribution in [1.82, 2.24) is 14.8 Å². The summed E-state index contributed by atoms with van der Waals surface area (Å²) in [7, 11) is 1.79. The van der Waals surface area contributed by atoms with Gasteiger partial charge in [0, 0.05) is 23.9 Å². The second-order valence-corrected chi connectivity index (χ2v) is 7.98. The molecule has 0 bridgehead atoms. The van der Waals surface area contributed by atoms with Crippen molar-refractivity contribution < 1.29 is 4.42 Å². The maximum atomic E-state index is 13.3. The second-order valence-electron chi connectivity index (χ2n) is 7.98. The van der Waals surface area contributed by atoms with E-state index in [1.54, 1.807) is 11.6 Å². The number of nitrogens with zero attached hydrogens (tertiary/aromatic N) is 3. The zero-order valence-electron chi connectivity index (χ0n) is 19.2. The minimum absolute atomic E-state index is 0.0718. The molecular weight excluding hydrogens is 412 g/mol. The van der Waals surface area contributed by atoms with Gasteiger partial charge in [0.25, 0.3) is 5.56 Å². The minimum atomic E-state index is -0.0718. The van der Waals surface area contributed by atoms with Crippen LogP contribution in [0.2, 0.25) is 0 Å². The van der Waals surface area contributed by atoms with Crippen molar-refractivity contribution in [3.8, 4) is 22.6 Å². The molecule has 0 spiro atoms. The summed E-state index contributed by atoms with van der Waals surface area (Å²) in [6, 6.07) is 17.6. The van der Waals surface area contributed by atoms with Gasteiger partial charge in [-0.25, -0.2) is 0 Å². The molecule has 0 saturated carbocycles. The topological polar surface area (TPSA) is 73.0 Å². The fraction of sp³-hybridized carbons (Fsp3) is 0.148. The van der Waals surface area contributed by atoms with Gasteiger partial charge in [-0.15, -0.1) is 5.10 Å². The molecule has 0 aliphatic carbocycles. The molecule has 2 aromatic heterocycles. The summed E-state index contributed by atoms with van der Waals surface area (Å²) < 4.78 is 7.43. The third kappa shape index (κ3) is 4.55. The van der Waals surface area contributed by atoms with Crippen LogP contribution in [0.3, 0.4) is 0 Å². The lowest BCUT2D eigenvalue weighted by molar-refractivity contribution is 0.587. The summed E-state index contributed by atoms with van der Waals surface area (Å²) in [6.45, 7) is 9.82. The maximum absolute atomic E-state index is 13.3. The van der Waals surface area contributed by atoms with Crippen molar-refractivity contribution in [1.29, 1.82) is 0 Å². The smallest absolute Gasteiger partial charge is 0.320 e. The average Bonchev–Trinajstić information content (AvgIpc) is 3.27. The number of hydrogen-bond acceptors (Lipinski definition) is 5. The van der Waals surface area contributed by atoms with Crippen molar-refractivity contribution >= 4 is 23.9 Å². The van der Waals surface area contributed by atoms with Crippen LogP contribution in [0.25, 0.3) is 34.7 Å². The van der Waals surface area contributed by atoms with E-state index in [-0.39, 0.29) is 11.6 Å². The molecule has 2 aromatic carbocycles. The number of aryl methyl sites for hydroxylation is 1. The maximum Gasteiger partial charge on any atom is 0.320 e. The van der Waals surface area contributed by atoms with E-state index in [1.165, 1.54) is 0 Å². The largest absolute Gasteiger partial charge is 0.403 e. The number of nitrogens with one attached hydrogen (secondary N) is 1. The summed E-state index contributed by atoms with van der Waals surface area (Å²) in [5, 5.41) is 13.2. The number of allylic oxidation sites excluding steroid dienone is 1. The highest BCUT2D eigenvalue weighted by atomic mass is 16.4. The third-order valence-electron chi connectivity index (χ3n) is 5.41. The number of rotatable bonds is 5. The zero-order valence-corrected chi connectivity index (χ0v) is 19.2. The van der Waals surface area contributed by atoms with Crippen molar-refractivity contribution in [3.05, 3.63) is 93.2 Å². The van der Waals surface area contributed by atoms with Gasteiger partial charge in [-0.3, -0.25) is 4.79 Å². The number of aromatic nitrogens is 3. The van der Waals surface area contributed by atoms with Gasteiger partial charge in [-0.2, -0.15) is 0 Å². The molecule has 4 aromatic rings. The lowest BCUT2D eigenvalue weighted by atomic mass is 10.00. The minimum Gasteiger partial charge on any atom is -0.403 e. The number of hydrogen-bond donors (Lipinski definition) is 1. The first-order valence-corrected chi connectivity index (χ1v) is 10.7. The second kappa shape index (κ2) is 9.12. The molecule has 0 unspecified atom stereocenters. The summed E-state index contributed by atoms with van der Waals surface area (Å²) in [6.07, 6.45) is 3.92. The molecule has 0 aliphatic rings. The Morgan fingerprint density at radius 1 is 1.09 bits per heavy atom. The van der Waals surface area contributed by atoms with E-state index in [0.29, 0.717) is 11.5 Å². The van der Waals surface area contributed by atoms with Gasteiger partial charge >= 0.3 is 6.01 Å². The summed E-state index contributed by atoms with van der Waals surface area (Å²) in [4.78, 5) is 13.3. The molecule has 33 heavy (non-hydrogen) atoms. The first kappa shape index (κ1) is 22.0. The highest BCUT2D eigenvalue weighted by molar-refractivity contribution is 5.72. The SMILES string of the molecule is C=C(C)/C=c1\c(=C/C)cc(-c2cc(Nc3nnc(-c4ccccc4)o3)ccc2C)c(=O)n1C. The molecule has 0 aliphatic heterocycles. The first-order chi connectivity index (χ1) is 15.9. The normalized spacial score (nSPS) is 12.2. The molecular formula is C27H26N4O2. The predicted octanol–water partition coefficient (Wildman–Crippen LogP) is 4.31. The highest BCUT2D eigenvalue weighted by Crippen LogP contribution is 2.26. The van der Waals surface area contributed by atoms with Gasteiger partial charge < -0.3 is 14.3 Å². The van der Waals surface area contributed by atoms with Crippen LogP contribution in [0.1, 0.15) is 19.4 Å². The fourth-order valence-corrected chi connectivity index (χ4v) is 3.70. The van der Waals surface area contributed by atoms with Crippen molar-refractivity contribution in [3.63, 3.8) is 0 Å². The van der Waals surface area contributed by atoms with E-state index in [0.717, 1.165) is 38.5 Å². The fourth-order valence-electron chi connectivity index (χ4n) is 3.70. The molecule has 0 radical (unpaired) electrons. The van der Waals surface area contributed by atoms with Gasteiger partial charge in [0.05, 0.1) is 5.35 Å². The van der Waals surface area contributed by atoms with Crippen LogP contribution < -0.4 is 21.4 Å². The summed E-state index contributed by atoms with van der Waals surface area (Å²) >= 11 is 0. The van der Waals surface area contributed by atoms with Crippen molar-refractivity contribution in [2.45, 2.75) is 20.8 Å². The Morgan fingerprint density at radius 2 is 1.85 bits per heavy atom.